The Morgan fingerprint density at radius 1 is 1.50 bits per heavy atom. The smallest absolute Gasteiger partial charge is 0.185 e. The van der Waals surface area contributed by atoms with E-state index in [4.69, 9.17) is 0 Å². The summed E-state index contributed by atoms with van der Waals surface area (Å²) in [6.07, 6.45) is 2.74. The second-order valence-electron chi connectivity index (χ2n) is 4.03. The average Bonchev–Trinajstić information content (AvgIpc) is 3.04. The van der Waals surface area contributed by atoms with Crippen LogP contribution >= 0.6 is 22.7 Å². The molecule has 0 aliphatic carbocycles. The Morgan fingerprint density at radius 2 is 2.33 bits per heavy atom. The number of hydrogen-bond acceptors (Lipinski definition) is 5. The van der Waals surface area contributed by atoms with Crippen molar-refractivity contribution >= 4 is 34.1 Å². The van der Waals surface area contributed by atoms with E-state index < -0.39 is 0 Å². The van der Waals surface area contributed by atoms with Gasteiger partial charge in [0.1, 0.15) is 0 Å². The monoisotopic (exact) mass is 280 g/mol. The van der Waals surface area contributed by atoms with Crippen LogP contribution in [-0.4, -0.2) is 24.9 Å². The molecule has 0 bridgehead atoms. The molecular formula is C13H16N2OS2. The fourth-order valence-corrected chi connectivity index (χ4v) is 3.34. The first-order valence-corrected chi connectivity index (χ1v) is 7.62. The van der Waals surface area contributed by atoms with Crippen LogP contribution in [0.3, 0.4) is 0 Å². The first-order valence-electron chi connectivity index (χ1n) is 5.93. The Morgan fingerprint density at radius 3 is 2.89 bits per heavy atom. The summed E-state index contributed by atoms with van der Waals surface area (Å²) in [6.45, 7) is 2.95. The Balaban J connectivity index is 2.02. The van der Waals surface area contributed by atoms with Crippen LogP contribution in [0.25, 0.3) is 0 Å². The molecule has 0 aliphatic heterocycles. The van der Waals surface area contributed by atoms with Crippen LogP contribution in [0, 0.1) is 0 Å². The lowest BCUT2D eigenvalue weighted by molar-refractivity contribution is 0.112. The molecule has 2 heterocycles. The summed E-state index contributed by atoms with van der Waals surface area (Å²) in [6, 6.07) is 4.22. The van der Waals surface area contributed by atoms with E-state index in [2.05, 4.69) is 27.4 Å². The van der Waals surface area contributed by atoms with Gasteiger partial charge in [0.15, 0.2) is 11.4 Å². The van der Waals surface area contributed by atoms with E-state index in [-0.39, 0.29) is 0 Å². The number of aromatic nitrogens is 1. The summed E-state index contributed by atoms with van der Waals surface area (Å²) in [5.74, 6) is 0. The number of rotatable bonds is 6. The molecule has 0 atom stereocenters. The molecule has 0 saturated heterocycles. The number of aldehydes is 1. The SMILES string of the molecule is CCc1nc(N(C)CCc2cccs2)sc1C=O. The molecule has 2 aromatic rings. The van der Waals surface area contributed by atoms with Gasteiger partial charge in [-0.15, -0.1) is 11.3 Å². The Hall–Kier alpha value is -1.20. The molecule has 0 radical (unpaired) electrons. The molecule has 2 rings (SSSR count). The Bertz CT molecular complexity index is 505. The van der Waals surface area contributed by atoms with E-state index in [0.717, 1.165) is 41.4 Å². The number of aryl methyl sites for hydroxylation is 1. The maximum absolute atomic E-state index is 10.9. The number of thiophene rings is 1. The molecule has 0 unspecified atom stereocenters. The van der Waals surface area contributed by atoms with E-state index in [1.54, 1.807) is 11.3 Å². The van der Waals surface area contributed by atoms with Gasteiger partial charge in [-0.3, -0.25) is 4.79 Å². The Labute approximate surface area is 115 Å². The van der Waals surface area contributed by atoms with Crippen molar-refractivity contribution < 1.29 is 4.79 Å². The van der Waals surface area contributed by atoms with Crippen molar-refractivity contribution in [2.45, 2.75) is 19.8 Å². The first kappa shape index (κ1) is 13.2. The lowest BCUT2D eigenvalue weighted by Gasteiger charge is -2.14. The number of carbonyl (C=O) groups excluding carboxylic acids is 1. The van der Waals surface area contributed by atoms with E-state index in [1.807, 2.05) is 14.0 Å². The number of thiazole rings is 1. The number of carbonyl (C=O) groups is 1. The van der Waals surface area contributed by atoms with Crippen LogP contribution < -0.4 is 4.90 Å². The van der Waals surface area contributed by atoms with Crippen LogP contribution in [0.5, 0.6) is 0 Å². The van der Waals surface area contributed by atoms with E-state index in [0.29, 0.717) is 0 Å². The predicted molar refractivity (Wildman–Crippen MR) is 78.2 cm³/mol. The van der Waals surface area contributed by atoms with Gasteiger partial charge < -0.3 is 4.90 Å². The Kier molecular flexibility index (Phi) is 4.49. The summed E-state index contributed by atoms with van der Waals surface area (Å²) in [7, 11) is 2.03. The van der Waals surface area contributed by atoms with Gasteiger partial charge in [0.05, 0.1) is 10.6 Å². The third-order valence-electron chi connectivity index (χ3n) is 2.76. The molecule has 0 spiro atoms. The molecule has 0 N–H and O–H groups in total. The highest BCUT2D eigenvalue weighted by atomic mass is 32.1. The van der Waals surface area contributed by atoms with Gasteiger partial charge in [-0.25, -0.2) is 4.98 Å². The zero-order valence-corrected chi connectivity index (χ0v) is 12.2. The molecule has 2 aromatic heterocycles. The van der Waals surface area contributed by atoms with Crippen molar-refractivity contribution in [2.24, 2.45) is 0 Å². The zero-order chi connectivity index (χ0) is 13.0. The normalized spacial score (nSPS) is 10.6. The van der Waals surface area contributed by atoms with Crippen molar-refractivity contribution in [2.75, 3.05) is 18.5 Å². The molecule has 0 aromatic carbocycles. The van der Waals surface area contributed by atoms with Gasteiger partial charge in [0, 0.05) is 18.5 Å². The second-order valence-corrected chi connectivity index (χ2v) is 6.07. The minimum absolute atomic E-state index is 0.760. The molecule has 0 saturated carbocycles. The maximum atomic E-state index is 10.9. The summed E-state index contributed by atoms with van der Waals surface area (Å²) >= 11 is 3.26. The van der Waals surface area contributed by atoms with Gasteiger partial charge in [-0.1, -0.05) is 24.3 Å². The van der Waals surface area contributed by atoms with Gasteiger partial charge in [0.2, 0.25) is 0 Å². The van der Waals surface area contributed by atoms with E-state index >= 15 is 0 Å². The van der Waals surface area contributed by atoms with E-state index in [9.17, 15) is 4.79 Å². The van der Waals surface area contributed by atoms with Crippen LogP contribution in [0.2, 0.25) is 0 Å². The number of hydrogen-bond donors (Lipinski definition) is 0. The van der Waals surface area contributed by atoms with E-state index in [1.165, 1.54) is 16.2 Å². The maximum Gasteiger partial charge on any atom is 0.185 e. The molecule has 0 amide bonds. The summed E-state index contributed by atoms with van der Waals surface area (Å²) < 4.78 is 0. The molecule has 0 aliphatic rings. The molecule has 3 nitrogen and oxygen atoms in total. The molecule has 18 heavy (non-hydrogen) atoms. The van der Waals surface area contributed by atoms with Crippen LogP contribution in [-0.2, 0) is 12.8 Å². The van der Waals surface area contributed by atoms with Crippen molar-refractivity contribution in [1.82, 2.24) is 4.98 Å². The predicted octanol–water partition coefficient (Wildman–Crippen LogP) is 3.26. The quantitative estimate of drug-likeness (QED) is 0.762. The lowest BCUT2D eigenvalue weighted by Crippen LogP contribution is -2.19. The van der Waals surface area contributed by atoms with Crippen LogP contribution in [0.1, 0.15) is 27.2 Å². The fraction of sp³-hybridized carbons (Fsp3) is 0.385. The number of likely N-dealkylation sites (N-methyl/N-ethyl adjacent to an activating group) is 1. The molecule has 96 valence electrons. The highest BCUT2D eigenvalue weighted by molar-refractivity contribution is 7.17. The van der Waals surface area contributed by atoms with Crippen LogP contribution in [0.4, 0.5) is 5.13 Å². The third kappa shape index (κ3) is 2.97. The molecular weight excluding hydrogens is 264 g/mol. The van der Waals surface area contributed by atoms with Gasteiger partial charge in [0.25, 0.3) is 0 Å². The minimum Gasteiger partial charge on any atom is -0.351 e. The van der Waals surface area contributed by atoms with Gasteiger partial charge in [-0.05, 0) is 24.3 Å². The first-order chi connectivity index (χ1) is 8.74. The lowest BCUT2D eigenvalue weighted by atomic mass is 10.3. The topological polar surface area (TPSA) is 33.2 Å². The van der Waals surface area contributed by atoms with Crippen LogP contribution in [0.15, 0.2) is 17.5 Å². The second kappa shape index (κ2) is 6.11. The highest BCUT2D eigenvalue weighted by Gasteiger charge is 2.12. The largest absolute Gasteiger partial charge is 0.351 e. The number of anilines is 1. The van der Waals surface area contributed by atoms with Gasteiger partial charge in [-0.2, -0.15) is 0 Å². The summed E-state index contributed by atoms with van der Waals surface area (Å²) in [5.41, 5.74) is 0.910. The summed E-state index contributed by atoms with van der Waals surface area (Å²) in [5, 5.41) is 3.03. The molecule has 0 fully saturated rings. The van der Waals surface area contributed by atoms with Crippen molar-refractivity contribution in [3.63, 3.8) is 0 Å². The zero-order valence-electron chi connectivity index (χ0n) is 10.5. The fourth-order valence-electron chi connectivity index (χ4n) is 1.69. The van der Waals surface area contributed by atoms with Crippen molar-refractivity contribution in [3.8, 4) is 0 Å². The van der Waals surface area contributed by atoms with Gasteiger partial charge >= 0.3 is 0 Å². The third-order valence-corrected chi connectivity index (χ3v) is 4.83. The number of nitrogens with zero attached hydrogens (tertiary/aromatic N) is 2. The summed E-state index contributed by atoms with van der Waals surface area (Å²) in [4.78, 5) is 19.7. The minimum atomic E-state index is 0.760. The highest BCUT2D eigenvalue weighted by Crippen LogP contribution is 2.25. The van der Waals surface area contributed by atoms with Crippen molar-refractivity contribution in [1.29, 1.82) is 0 Å². The standard InChI is InChI=1S/C13H16N2OS2/c1-3-11-12(9-16)18-13(14-11)15(2)7-6-10-5-4-8-17-10/h4-5,8-9H,3,6-7H2,1-2H3. The van der Waals surface area contributed by atoms with Crippen molar-refractivity contribution in [3.05, 3.63) is 33.0 Å². The average molecular weight is 280 g/mol. The molecule has 5 heteroatoms.